The second-order valence-corrected chi connectivity index (χ2v) is 3.60. The molecule has 0 aliphatic heterocycles. The van der Waals surface area contributed by atoms with Crippen LogP contribution >= 0.6 is 0 Å². The zero-order chi connectivity index (χ0) is 11.2. The van der Waals surface area contributed by atoms with Crippen LogP contribution in [0.4, 0.5) is 5.69 Å². The van der Waals surface area contributed by atoms with E-state index in [4.69, 9.17) is 0 Å². The lowest BCUT2D eigenvalue weighted by atomic mass is 10.2. The fraction of sp³-hybridized carbons (Fsp3) is 0.154. The highest BCUT2D eigenvalue weighted by atomic mass is 15.1. The van der Waals surface area contributed by atoms with E-state index in [-0.39, 0.29) is 0 Å². The molecule has 16 heavy (non-hydrogen) atoms. The number of aryl methyl sites for hydroxylation is 1. The Hall–Kier alpha value is -2.03. The smallest absolute Gasteiger partial charge is 0.0868 e. The van der Waals surface area contributed by atoms with E-state index in [2.05, 4.69) is 15.2 Å². The zero-order valence-electron chi connectivity index (χ0n) is 9.17. The molecule has 0 saturated heterocycles. The van der Waals surface area contributed by atoms with Gasteiger partial charge in [0, 0.05) is 12.4 Å². The number of rotatable bonds is 3. The highest BCUT2D eigenvalue weighted by Gasteiger charge is 1.90. The molecule has 1 heterocycles. The second kappa shape index (κ2) is 5.16. The molecule has 0 fully saturated rings. The monoisotopic (exact) mass is 211 g/mol. The Bertz CT molecular complexity index is 478. The summed E-state index contributed by atoms with van der Waals surface area (Å²) in [6.07, 6.45) is 3.55. The number of benzene rings is 1. The average molecular weight is 211 g/mol. The first kappa shape index (κ1) is 10.5. The first-order valence-electron chi connectivity index (χ1n) is 5.18. The minimum absolute atomic E-state index is 0.571. The van der Waals surface area contributed by atoms with Gasteiger partial charge in [-0.2, -0.15) is 10.2 Å². The van der Waals surface area contributed by atoms with Crippen LogP contribution in [-0.2, 0) is 6.54 Å². The van der Waals surface area contributed by atoms with Gasteiger partial charge in [0.2, 0.25) is 0 Å². The third-order valence-electron chi connectivity index (χ3n) is 2.16. The lowest BCUT2D eigenvalue weighted by molar-refractivity contribution is 0.949. The Morgan fingerprint density at radius 3 is 2.88 bits per heavy atom. The molecular weight excluding hydrogens is 198 g/mol. The second-order valence-electron chi connectivity index (χ2n) is 3.60. The maximum absolute atomic E-state index is 4.16. The highest BCUT2D eigenvalue weighted by molar-refractivity contribution is 5.38. The van der Waals surface area contributed by atoms with Crippen LogP contribution in [0.5, 0.6) is 0 Å². The van der Waals surface area contributed by atoms with Crippen molar-refractivity contribution in [3.05, 3.63) is 59.9 Å². The maximum Gasteiger partial charge on any atom is 0.0868 e. The summed E-state index contributed by atoms with van der Waals surface area (Å²) in [5.41, 5.74) is 3.15. The van der Waals surface area contributed by atoms with Gasteiger partial charge in [0.1, 0.15) is 0 Å². The van der Waals surface area contributed by atoms with Crippen molar-refractivity contribution < 1.29 is 0 Å². The van der Waals surface area contributed by atoms with E-state index in [0.717, 1.165) is 11.3 Å². The first-order valence-corrected chi connectivity index (χ1v) is 5.18. The van der Waals surface area contributed by atoms with Crippen LogP contribution in [0.2, 0.25) is 0 Å². The summed E-state index contributed by atoms with van der Waals surface area (Å²) in [4.78, 5) is 4.02. The molecule has 0 saturated carbocycles. The van der Waals surface area contributed by atoms with Gasteiger partial charge in [-0.25, -0.2) is 0 Å². The van der Waals surface area contributed by atoms with Crippen LogP contribution in [-0.4, -0.2) is 4.98 Å². The quantitative estimate of drug-likeness (QED) is 0.713. The summed E-state index contributed by atoms with van der Waals surface area (Å²) < 4.78 is 0. The lowest BCUT2D eigenvalue weighted by Crippen LogP contribution is -1.80. The Kier molecular flexibility index (Phi) is 3.38. The molecule has 0 radical (unpaired) electrons. The summed E-state index contributed by atoms with van der Waals surface area (Å²) in [5.74, 6) is 0. The Balaban J connectivity index is 2.00. The van der Waals surface area contributed by atoms with E-state index in [1.807, 2.05) is 43.3 Å². The third-order valence-corrected chi connectivity index (χ3v) is 2.16. The lowest BCUT2D eigenvalue weighted by Gasteiger charge is -1.95. The molecule has 0 atom stereocenters. The zero-order valence-corrected chi connectivity index (χ0v) is 9.17. The summed E-state index contributed by atoms with van der Waals surface area (Å²) in [5, 5.41) is 8.30. The molecule has 0 aliphatic carbocycles. The van der Waals surface area contributed by atoms with Gasteiger partial charge in [-0.1, -0.05) is 18.2 Å². The van der Waals surface area contributed by atoms with Gasteiger partial charge in [-0.05, 0) is 36.2 Å². The molecule has 2 rings (SSSR count). The molecule has 1 aromatic heterocycles. The van der Waals surface area contributed by atoms with Gasteiger partial charge in [-0.15, -0.1) is 0 Å². The maximum atomic E-state index is 4.16. The van der Waals surface area contributed by atoms with Crippen molar-refractivity contribution >= 4 is 5.69 Å². The van der Waals surface area contributed by atoms with E-state index in [9.17, 15) is 0 Å². The van der Waals surface area contributed by atoms with Crippen molar-refractivity contribution in [3.8, 4) is 0 Å². The van der Waals surface area contributed by atoms with E-state index >= 15 is 0 Å². The van der Waals surface area contributed by atoms with Crippen molar-refractivity contribution in [2.45, 2.75) is 13.5 Å². The van der Waals surface area contributed by atoms with Crippen molar-refractivity contribution in [2.24, 2.45) is 10.2 Å². The summed E-state index contributed by atoms with van der Waals surface area (Å²) in [6, 6.07) is 11.9. The SMILES string of the molecule is Cc1cccc(N=NCc2cccnc2)c1. The number of hydrogen-bond acceptors (Lipinski definition) is 3. The minimum atomic E-state index is 0.571. The van der Waals surface area contributed by atoms with Gasteiger partial charge in [-0.3, -0.25) is 4.98 Å². The van der Waals surface area contributed by atoms with Crippen molar-refractivity contribution in [2.75, 3.05) is 0 Å². The Morgan fingerprint density at radius 1 is 1.19 bits per heavy atom. The molecule has 0 bridgehead atoms. The van der Waals surface area contributed by atoms with Gasteiger partial charge in [0.05, 0.1) is 12.2 Å². The number of pyridine rings is 1. The number of nitrogens with zero attached hydrogens (tertiary/aromatic N) is 3. The number of aromatic nitrogens is 1. The third kappa shape index (κ3) is 2.98. The summed E-state index contributed by atoms with van der Waals surface area (Å²) in [7, 11) is 0. The molecule has 0 N–H and O–H groups in total. The number of hydrogen-bond donors (Lipinski definition) is 0. The highest BCUT2D eigenvalue weighted by Crippen LogP contribution is 2.14. The van der Waals surface area contributed by atoms with Crippen molar-refractivity contribution in [1.29, 1.82) is 0 Å². The fourth-order valence-corrected chi connectivity index (χ4v) is 1.38. The van der Waals surface area contributed by atoms with Gasteiger partial charge in [0.15, 0.2) is 0 Å². The molecule has 3 heteroatoms. The van der Waals surface area contributed by atoms with Crippen LogP contribution in [0.25, 0.3) is 0 Å². The van der Waals surface area contributed by atoms with Crippen LogP contribution in [0.1, 0.15) is 11.1 Å². The Morgan fingerprint density at radius 2 is 2.12 bits per heavy atom. The van der Waals surface area contributed by atoms with Crippen LogP contribution in [0, 0.1) is 6.92 Å². The van der Waals surface area contributed by atoms with E-state index in [1.165, 1.54) is 5.56 Å². The summed E-state index contributed by atoms with van der Waals surface area (Å²) in [6.45, 7) is 2.61. The molecular formula is C13H13N3. The molecule has 0 amide bonds. The normalized spacial score (nSPS) is 10.8. The topological polar surface area (TPSA) is 37.6 Å². The molecule has 3 nitrogen and oxygen atoms in total. The van der Waals surface area contributed by atoms with Crippen LogP contribution in [0.3, 0.4) is 0 Å². The molecule has 0 aliphatic rings. The van der Waals surface area contributed by atoms with Gasteiger partial charge >= 0.3 is 0 Å². The van der Waals surface area contributed by atoms with E-state index in [1.54, 1.807) is 12.4 Å². The van der Waals surface area contributed by atoms with Crippen LogP contribution in [0.15, 0.2) is 59.0 Å². The standard InChI is InChI=1S/C13H13N3/c1-11-4-2-6-13(8-11)16-15-10-12-5-3-7-14-9-12/h2-9H,10H2,1H3. The largest absolute Gasteiger partial charge is 0.264 e. The predicted octanol–water partition coefficient (Wildman–Crippen LogP) is 3.67. The molecule has 0 unspecified atom stereocenters. The summed E-state index contributed by atoms with van der Waals surface area (Å²) >= 11 is 0. The first-order chi connectivity index (χ1) is 7.84. The average Bonchev–Trinajstić information content (AvgIpc) is 2.30. The molecule has 1 aromatic carbocycles. The van der Waals surface area contributed by atoms with Crippen LogP contribution < -0.4 is 0 Å². The minimum Gasteiger partial charge on any atom is -0.264 e. The molecule has 0 spiro atoms. The molecule has 80 valence electrons. The Labute approximate surface area is 94.9 Å². The van der Waals surface area contributed by atoms with Crippen molar-refractivity contribution in [1.82, 2.24) is 4.98 Å². The van der Waals surface area contributed by atoms with E-state index in [0.29, 0.717) is 6.54 Å². The molecule has 2 aromatic rings. The van der Waals surface area contributed by atoms with Crippen molar-refractivity contribution in [3.63, 3.8) is 0 Å². The fourth-order valence-electron chi connectivity index (χ4n) is 1.38. The van der Waals surface area contributed by atoms with E-state index < -0.39 is 0 Å². The van der Waals surface area contributed by atoms with Gasteiger partial charge < -0.3 is 0 Å². The van der Waals surface area contributed by atoms with Gasteiger partial charge in [0.25, 0.3) is 0 Å². The predicted molar refractivity (Wildman–Crippen MR) is 63.6 cm³/mol. The number of azo groups is 1.